The van der Waals surface area contributed by atoms with E-state index in [1.807, 2.05) is 0 Å². The summed E-state index contributed by atoms with van der Waals surface area (Å²) in [5.41, 5.74) is -0.201. The molecule has 162 valence electrons. The van der Waals surface area contributed by atoms with Crippen LogP contribution in [0.25, 0.3) is 0 Å². The minimum absolute atomic E-state index is 0.0177. The summed E-state index contributed by atoms with van der Waals surface area (Å²) in [6.07, 6.45) is 6.02. The highest BCUT2D eigenvalue weighted by Gasteiger charge is 2.51. The van der Waals surface area contributed by atoms with Crippen LogP contribution in [0, 0.1) is 23.7 Å². The van der Waals surface area contributed by atoms with Crippen LogP contribution in [0.3, 0.4) is 0 Å². The third-order valence-corrected chi connectivity index (χ3v) is 8.95. The Labute approximate surface area is 171 Å². The molecule has 0 aromatic carbocycles. The number of imide groups is 1. The van der Waals surface area contributed by atoms with E-state index in [1.54, 1.807) is 0 Å². The van der Waals surface area contributed by atoms with Crippen LogP contribution in [0.5, 0.6) is 0 Å². The van der Waals surface area contributed by atoms with Crippen molar-refractivity contribution in [3.63, 3.8) is 0 Å². The Balaban J connectivity index is 1.23. The van der Waals surface area contributed by atoms with E-state index in [-0.39, 0.29) is 29.4 Å². The van der Waals surface area contributed by atoms with Crippen molar-refractivity contribution in [3.8, 4) is 0 Å². The maximum atomic E-state index is 12.4. The van der Waals surface area contributed by atoms with E-state index in [4.69, 9.17) is 4.74 Å². The summed E-state index contributed by atoms with van der Waals surface area (Å²) < 4.78 is 28.1. The van der Waals surface area contributed by atoms with E-state index in [0.29, 0.717) is 24.2 Å². The predicted molar refractivity (Wildman–Crippen MR) is 105 cm³/mol. The van der Waals surface area contributed by atoms with Crippen molar-refractivity contribution in [2.24, 2.45) is 23.7 Å². The van der Waals surface area contributed by atoms with Crippen LogP contribution < -0.4 is 10.6 Å². The molecule has 1 saturated heterocycles. The Morgan fingerprint density at radius 3 is 2.17 bits per heavy atom. The van der Waals surface area contributed by atoms with E-state index in [9.17, 15) is 22.8 Å². The van der Waals surface area contributed by atoms with Crippen LogP contribution in [0.15, 0.2) is 0 Å². The number of sulfone groups is 1. The molecule has 3 amide bonds. The molecule has 2 atom stereocenters. The smallest absolute Gasteiger partial charge is 0.321 e. The normalized spacial score (nSPS) is 37.7. The third kappa shape index (κ3) is 4.75. The van der Waals surface area contributed by atoms with Crippen LogP contribution in [-0.4, -0.2) is 49.5 Å². The van der Waals surface area contributed by atoms with Crippen LogP contribution in [0.4, 0.5) is 4.79 Å². The quantitative estimate of drug-likeness (QED) is 0.644. The Morgan fingerprint density at radius 2 is 1.66 bits per heavy atom. The molecule has 4 aliphatic carbocycles. The molecular weight excluding hydrogens is 396 g/mol. The highest BCUT2D eigenvalue weighted by molar-refractivity contribution is 7.91. The minimum atomic E-state index is -3.06. The molecule has 5 rings (SSSR count). The summed E-state index contributed by atoms with van der Waals surface area (Å²) in [6, 6.07) is -0.526. The number of esters is 1. The first-order valence-electron chi connectivity index (χ1n) is 10.6. The zero-order valence-corrected chi connectivity index (χ0v) is 17.6. The monoisotopic (exact) mass is 426 g/mol. The maximum absolute atomic E-state index is 12.4. The fraction of sp³-hybridized carbons (Fsp3) is 0.850. The van der Waals surface area contributed by atoms with Crippen LogP contribution in [-0.2, 0) is 24.2 Å². The first-order valence-corrected chi connectivity index (χ1v) is 12.5. The van der Waals surface area contributed by atoms with Gasteiger partial charge in [-0.25, -0.2) is 13.2 Å². The Morgan fingerprint density at radius 1 is 1.07 bits per heavy atom. The van der Waals surface area contributed by atoms with Gasteiger partial charge in [-0.05, 0) is 75.5 Å². The van der Waals surface area contributed by atoms with Crippen molar-refractivity contribution >= 4 is 27.7 Å². The van der Waals surface area contributed by atoms with Crippen molar-refractivity contribution in [1.29, 1.82) is 0 Å². The first kappa shape index (κ1) is 20.6. The molecule has 0 aromatic rings. The molecule has 9 heteroatoms. The van der Waals surface area contributed by atoms with Gasteiger partial charge in [-0.1, -0.05) is 0 Å². The molecule has 4 saturated carbocycles. The van der Waals surface area contributed by atoms with Crippen molar-refractivity contribution < 1.29 is 27.5 Å². The number of hydrogen-bond donors (Lipinski definition) is 2. The molecule has 5 fully saturated rings. The SMILES string of the molecule is C[C@@H](OC(=O)C[C@H]1CCS(=O)(=O)C1)C(=O)NC(=O)NC12CC3CC(CC(C3)C1)C2. The number of rotatable bonds is 5. The van der Waals surface area contributed by atoms with Crippen molar-refractivity contribution in [2.75, 3.05) is 11.5 Å². The Kier molecular flexibility index (Phi) is 5.38. The van der Waals surface area contributed by atoms with Gasteiger partial charge in [0.15, 0.2) is 15.9 Å². The lowest BCUT2D eigenvalue weighted by Gasteiger charge is -2.56. The van der Waals surface area contributed by atoms with Crippen molar-refractivity contribution in [3.05, 3.63) is 0 Å². The van der Waals surface area contributed by atoms with Gasteiger partial charge in [0, 0.05) is 12.0 Å². The van der Waals surface area contributed by atoms with Crippen LogP contribution in [0.1, 0.15) is 58.3 Å². The van der Waals surface area contributed by atoms with Gasteiger partial charge in [0.05, 0.1) is 11.5 Å². The second kappa shape index (κ2) is 7.56. The average Bonchev–Trinajstić information content (AvgIpc) is 2.91. The van der Waals surface area contributed by atoms with E-state index >= 15 is 0 Å². The van der Waals surface area contributed by atoms with E-state index in [2.05, 4.69) is 10.6 Å². The summed E-state index contributed by atoms with van der Waals surface area (Å²) in [5, 5.41) is 5.36. The van der Waals surface area contributed by atoms with E-state index < -0.39 is 33.8 Å². The standard InChI is InChI=1S/C20H30N2O6S/c1-12(28-17(23)7-13-2-3-29(26,27)11-13)18(24)21-19(25)22-20-8-14-4-15(9-20)6-16(5-14)10-20/h12-16H,2-11H2,1H3,(H2,21,22,24,25)/t12-,13-,14?,15?,16?,20?/m1/s1. The van der Waals surface area contributed by atoms with Gasteiger partial charge in [-0.15, -0.1) is 0 Å². The minimum Gasteiger partial charge on any atom is -0.453 e. The summed E-state index contributed by atoms with van der Waals surface area (Å²) in [6.45, 7) is 1.41. The fourth-order valence-electron chi connectivity index (χ4n) is 6.32. The topological polar surface area (TPSA) is 119 Å². The van der Waals surface area contributed by atoms with Crippen molar-refractivity contribution in [2.45, 2.75) is 69.9 Å². The summed E-state index contributed by atoms with van der Waals surface area (Å²) in [4.78, 5) is 36.7. The highest BCUT2D eigenvalue weighted by atomic mass is 32.2. The molecule has 8 nitrogen and oxygen atoms in total. The van der Waals surface area contributed by atoms with Gasteiger partial charge in [0.2, 0.25) is 0 Å². The number of carbonyl (C=O) groups is 3. The van der Waals surface area contributed by atoms with Gasteiger partial charge < -0.3 is 10.1 Å². The van der Waals surface area contributed by atoms with Gasteiger partial charge in [0.25, 0.3) is 5.91 Å². The number of ether oxygens (including phenoxy) is 1. The highest BCUT2D eigenvalue weighted by Crippen LogP contribution is 2.55. The molecule has 0 aromatic heterocycles. The molecule has 29 heavy (non-hydrogen) atoms. The summed E-state index contributed by atoms with van der Waals surface area (Å²) in [7, 11) is -3.06. The van der Waals surface area contributed by atoms with Crippen LogP contribution in [0.2, 0.25) is 0 Å². The van der Waals surface area contributed by atoms with Gasteiger partial charge in [-0.3, -0.25) is 14.9 Å². The molecule has 0 spiro atoms. The second-order valence-corrected chi connectivity index (χ2v) is 12.0. The zero-order chi connectivity index (χ0) is 20.8. The molecule has 5 aliphatic rings. The Hall–Kier alpha value is -1.64. The lowest BCUT2D eigenvalue weighted by Crippen LogP contribution is -2.62. The van der Waals surface area contributed by atoms with Gasteiger partial charge >= 0.3 is 12.0 Å². The molecule has 4 bridgehead atoms. The molecular formula is C20H30N2O6S. The van der Waals surface area contributed by atoms with Gasteiger partial charge in [0.1, 0.15) is 0 Å². The third-order valence-electron chi connectivity index (χ3n) is 7.11. The largest absolute Gasteiger partial charge is 0.453 e. The predicted octanol–water partition coefficient (Wildman–Crippen LogP) is 1.54. The lowest BCUT2D eigenvalue weighted by atomic mass is 9.53. The number of nitrogens with one attached hydrogen (secondary N) is 2. The molecule has 0 radical (unpaired) electrons. The fourth-order valence-corrected chi connectivity index (χ4v) is 8.18. The maximum Gasteiger partial charge on any atom is 0.321 e. The van der Waals surface area contributed by atoms with Crippen molar-refractivity contribution in [1.82, 2.24) is 10.6 Å². The number of amides is 3. The van der Waals surface area contributed by atoms with Crippen LogP contribution >= 0.6 is 0 Å². The molecule has 2 N–H and O–H groups in total. The molecule has 1 aliphatic heterocycles. The zero-order valence-electron chi connectivity index (χ0n) is 16.8. The second-order valence-electron chi connectivity index (χ2n) is 9.75. The Bertz CT molecular complexity index is 773. The van der Waals surface area contributed by atoms with Gasteiger partial charge in [-0.2, -0.15) is 0 Å². The number of carbonyl (C=O) groups excluding carboxylic acids is 3. The lowest BCUT2D eigenvalue weighted by molar-refractivity contribution is -0.155. The number of urea groups is 1. The molecule has 1 heterocycles. The summed E-state index contributed by atoms with van der Waals surface area (Å²) >= 11 is 0. The average molecular weight is 427 g/mol. The first-order chi connectivity index (χ1) is 13.6. The number of hydrogen-bond acceptors (Lipinski definition) is 6. The van der Waals surface area contributed by atoms with E-state index in [1.165, 1.54) is 26.2 Å². The molecule has 0 unspecified atom stereocenters. The van der Waals surface area contributed by atoms with E-state index in [0.717, 1.165) is 19.3 Å². The summed E-state index contributed by atoms with van der Waals surface area (Å²) in [5.74, 6) is 0.560.